The number of nitrogens with two attached hydrogens (primary N) is 1. The average molecular weight is 496 g/mol. The number of aromatic nitrogens is 4. The van der Waals surface area contributed by atoms with Gasteiger partial charge in [-0.05, 0) is 62.8 Å². The molecular weight excluding hydrogens is 458 g/mol. The summed E-state index contributed by atoms with van der Waals surface area (Å²) in [6.45, 7) is 13.6. The van der Waals surface area contributed by atoms with Crippen molar-refractivity contribution in [3.05, 3.63) is 41.3 Å². The smallest absolute Gasteiger partial charge is 0.239 e. The molecule has 2 aliphatic rings. The van der Waals surface area contributed by atoms with Crippen LogP contribution in [-0.2, 0) is 27.5 Å². The van der Waals surface area contributed by atoms with Gasteiger partial charge < -0.3 is 9.13 Å². The molecule has 1 fully saturated rings. The van der Waals surface area contributed by atoms with Crippen LogP contribution in [0.5, 0.6) is 0 Å². The fourth-order valence-electron chi connectivity index (χ4n) is 6.01. The molecule has 0 amide bonds. The molecule has 3 heterocycles. The first-order valence-corrected chi connectivity index (χ1v) is 14.2. The molecule has 1 saturated carbocycles. The highest BCUT2D eigenvalue weighted by Crippen LogP contribution is 2.46. The highest BCUT2D eigenvalue weighted by Gasteiger charge is 2.41. The molecule has 5 rings (SSSR count). The number of benzene rings is 1. The maximum Gasteiger partial charge on any atom is 0.239 e. The van der Waals surface area contributed by atoms with Crippen LogP contribution in [0.25, 0.3) is 22.6 Å². The molecule has 2 N–H and O–H groups in total. The number of hydrogen-bond acceptors (Lipinski definition) is 4. The van der Waals surface area contributed by atoms with Gasteiger partial charge >= 0.3 is 0 Å². The predicted octanol–water partition coefficient (Wildman–Crippen LogP) is 5.34. The van der Waals surface area contributed by atoms with Crippen molar-refractivity contribution in [2.24, 2.45) is 11.1 Å². The zero-order chi connectivity index (χ0) is 25.3. The van der Waals surface area contributed by atoms with E-state index >= 15 is 0 Å². The van der Waals surface area contributed by atoms with Gasteiger partial charge in [0.1, 0.15) is 10.7 Å². The van der Waals surface area contributed by atoms with Crippen LogP contribution < -0.4 is 5.14 Å². The SMILES string of the molecule is Cc1c(S(N)(=O)=O)cc(-c2ccc3c(c2)C(C)(C)n2c-3nnc2C(C)(C)C)n1CC1CCCCC1. The summed E-state index contributed by atoms with van der Waals surface area (Å²) in [5.41, 5.74) is 4.42. The molecule has 0 saturated heterocycles. The van der Waals surface area contributed by atoms with Crippen LogP contribution in [-0.4, -0.2) is 27.7 Å². The van der Waals surface area contributed by atoms with Crippen molar-refractivity contribution in [3.63, 3.8) is 0 Å². The first kappa shape index (κ1) is 24.3. The Kier molecular flexibility index (Phi) is 5.57. The molecule has 35 heavy (non-hydrogen) atoms. The van der Waals surface area contributed by atoms with Gasteiger partial charge in [0.15, 0.2) is 5.82 Å². The van der Waals surface area contributed by atoms with E-state index in [1.165, 1.54) is 37.7 Å². The lowest BCUT2D eigenvalue weighted by Gasteiger charge is -2.29. The quantitative estimate of drug-likeness (QED) is 0.528. The summed E-state index contributed by atoms with van der Waals surface area (Å²) in [5.74, 6) is 2.40. The maximum absolute atomic E-state index is 12.4. The number of primary sulfonamides is 1. The van der Waals surface area contributed by atoms with E-state index in [-0.39, 0.29) is 15.8 Å². The molecule has 1 aromatic carbocycles. The zero-order valence-electron chi connectivity index (χ0n) is 21.7. The molecule has 0 spiro atoms. The van der Waals surface area contributed by atoms with Crippen molar-refractivity contribution in [1.29, 1.82) is 0 Å². The lowest BCUT2D eigenvalue weighted by molar-refractivity contribution is 0.318. The predicted molar refractivity (Wildman–Crippen MR) is 139 cm³/mol. The molecule has 2 aromatic heterocycles. The Morgan fingerprint density at radius 3 is 2.40 bits per heavy atom. The number of fused-ring (bicyclic) bond motifs is 3. The van der Waals surface area contributed by atoms with Crippen LogP contribution >= 0.6 is 0 Å². The van der Waals surface area contributed by atoms with Gasteiger partial charge in [0.05, 0.1) is 5.54 Å². The van der Waals surface area contributed by atoms with Crippen molar-refractivity contribution < 1.29 is 8.42 Å². The maximum atomic E-state index is 12.4. The average Bonchev–Trinajstić information content (AvgIpc) is 3.42. The van der Waals surface area contributed by atoms with Crippen LogP contribution in [0.3, 0.4) is 0 Å². The van der Waals surface area contributed by atoms with Crippen molar-refractivity contribution in [1.82, 2.24) is 19.3 Å². The van der Waals surface area contributed by atoms with E-state index in [4.69, 9.17) is 5.14 Å². The van der Waals surface area contributed by atoms with E-state index in [9.17, 15) is 8.42 Å². The van der Waals surface area contributed by atoms with Gasteiger partial charge in [-0.25, -0.2) is 13.6 Å². The fraction of sp³-hybridized carbons (Fsp3) is 0.556. The third-order valence-corrected chi connectivity index (χ3v) is 8.93. The van der Waals surface area contributed by atoms with Gasteiger partial charge in [-0.1, -0.05) is 52.2 Å². The summed E-state index contributed by atoms with van der Waals surface area (Å²) in [7, 11) is -3.82. The topological polar surface area (TPSA) is 95.8 Å². The Hall–Kier alpha value is -2.45. The second-order valence-electron chi connectivity index (χ2n) is 11.9. The van der Waals surface area contributed by atoms with E-state index in [2.05, 4.69) is 72.1 Å². The Bertz CT molecular complexity index is 1400. The first-order valence-electron chi connectivity index (χ1n) is 12.6. The van der Waals surface area contributed by atoms with Crippen LogP contribution in [0.4, 0.5) is 0 Å². The largest absolute Gasteiger partial charge is 0.343 e. The van der Waals surface area contributed by atoms with E-state index in [1.54, 1.807) is 6.07 Å². The summed E-state index contributed by atoms with van der Waals surface area (Å²) < 4.78 is 29.3. The summed E-state index contributed by atoms with van der Waals surface area (Å²) in [5, 5.41) is 14.7. The summed E-state index contributed by atoms with van der Waals surface area (Å²) in [6.07, 6.45) is 6.14. The van der Waals surface area contributed by atoms with Gasteiger partial charge in [0, 0.05) is 28.9 Å². The third-order valence-electron chi connectivity index (χ3n) is 7.90. The van der Waals surface area contributed by atoms with E-state index in [0.29, 0.717) is 5.92 Å². The Labute approximate surface area is 208 Å². The van der Waals surface area contributed by atoms with Crippen LogP contribution in [0.2, 0.25) is 0 Å². The molecule has 0 unspecified atom stereocenters. The van der Waals surface area contributed by atoms with Crippen molar-refractivity contribution >= 4 is 10.0 Å². The molecule has 1 aliphatic carbocycles. The zero-order valence-corrected chi connectivity index (χ0v) is 22.5. The van der Waals surface area contributed by atoms with Crippen LogP contribution in [0.1, 0.15) is 83.8 Å². The molecular formula is C27H37N5O2S. The van der Waals surface area contributed by atoms with E-state index < -0.39 is 10.0 Å². The highest BCUT2D eigenvalue weighted by atomic mass is 32.2. The van der Waals surface area contributed by atoms with Crippen molar-refractivity contribution in [2.45, 2.75) is 96.0 Å². The van der Waals surface area contributed by atoms with Gasteiger partial charge in [-0.3, -0.25) is 0 Å². The summed E-state index contributed by atoms with van der Waals surface area (Å²) >= 11 is 0. The number of hydrogen-bond donors (Lipinski definition) is 1. The van der Waals surface area contributed by atoms with Crippen LogP contribution in [0.15, 0.2) is 29.2 Å². The lowest BCUT2D eigenvalue weighted by atomic mass is 9.88. The van der Waals surface area contributed by atoms with Crippen molar-refractivity contribution in [2.75, 3.05) is 0 Å². The Balaban J connectivity index is 1.64. The van der Waals surface area contributed by atoms with Gasteiger partial charge in [0.2, 0.25) is 10.0 Å². The standard InChI is InChI=1S/C27H37N5O2S/c1-17-23(35(28,33)34)15-22(31(17)16-18-10-8-7-9-11-18)19-12-13-20-21(14-19)27(5,6)32-24(20)29-30-25(32)26(2,3)4/h12-15,18H,7-11,16H2,1-6H3,(H2,28,33,34). The minimum Gasteiger partial charge on any atom is -0.343 e. The lowest BCUT2D eigenvalue weighted by Crippen LogP contribution is -2.30. The Morgan fingerprint density at radius 1 is 1.09 bits per heavy atom. The molecule has 0 radical (unpaired) electrons. The van der Waals surface area contributed by atoms with Gasteiger partial charge in [-0.2, -0.15) is 0 Å². The minimum absolute atomic E-state index is 0.135. The first-order chi connectivity index (χ1) is 16.3. The number of nitrogens with zero attached hydrogens (tertiary/aromatic N) is 4. The third kappa shape index (κ3) is 3.95. The molecule has 8 heteroatoms. The minimum atomic E-state index is -3.82. The second kappa shape index (κ2) is 8.03. The van der Waals surface area contributed by atoms with Gasteiger partial charge in [-0.15, -0.1) is 10.2 Å². The Morgan fingerprint density at radius 2 is 1.77 bits per heavy atom. The second-order valence-corrected chi connectivity index (χ2v) is 13.4. The highest BCUT2D eigenvalue weighted by molar-refractivity contribution is 7.89. The normalized spacial score (nSPS) is 18.0. The van der Waals surface area contributed by atoms with Crippen LogP contribution in [0, 0.1) is 12.8 Å². The van der Waals surface area contributed by atoms with Crippen molar-refractivity contribution in [3.8, 4) is 22.6 Å². The monoisotopic (exact) mass is 495 g/mol. The molecule has 0 bridgehead atoms. The molecule has 3 aromatic rings. The number of sulfonamides is 1. The van der Waals surface area contributed by atoms with E-state index in [0.717, 1.165) is 40.7 Å². The molecule has 0 atom stereocenters. The summed E-state index contributed by atoms with van der Waals surface area (Å²) in [4.78, 5) is 0.218. The number of rotatable bonds is 4. The molecule has 7 nitrogen and oxygen atoms in total. The molecule has 188 valence electrons. The van der Waals surface area contributed by atoms with Gasteiger partial charge in [0.25, 0.3) is 0 Å². The van der Waals surface area contributed by atoms with E-state index in [1.807, 2.05) is 6.92 Å². The summed E-state index contributed by atoms with van der Waals surface area (Å²) in [6, 6.07) is 8.15. The fourth-order valence-corrected chi connectivity index (χ4v) is 6.81. The molecule has 1 aliphatic heterocycles.